The van der Waals surface area contributed by atoms with Gasteiger partial charge in [0.2, 0.25) is 0 Å². The molecule has 1 aliphatic rings. The molecular weight excluding hydrogens is 186 g/mol. The standard InChI is InChI=1S/C13H19NO/c1-9-7-12(9)13(14-2)10-5-4-6-11(8-10)15-3/h4-6,8-9,12-14H,7H2,1-3H3. The lowest BCUT2D eigenvalue weighted by Crippen LogP contribution is -2.19. The fourth-order valence-electron chi connectivity index (χ4n) is 2.28. The van der Waals surface area contributed by atoms with E-state index in [1.54, 1.807) is 7.11 Å². The van der Waals surface area contributed by atoms with Crippen molar-refractivity contribution in [2.24, 2.45) is 11.8 Å². The third-order valence-electron chi connectivity index (χ3n) is 3.36. The maximum absolute atomic E-state index is 5.25. The number of hydrogen-bond donors (Lipinski definition) is 1. The lowest BCUT2D eigenvalue weighted by molar-refractivity contribution is 0.412. The van der Waals surface area contributed by atoms with Crippen molar-refractivity contribution in [1.82, 2.24) is 5.32 Å². The largest absolute Gasteiger partial charge is 0.497 e. The Bertz CT molecular complexity index is 337. The molecule has 0 aliphatic heterocycles. The Labute approximate surface area is 91.6 Å². The Kier molecular flexibility index (Phi) is 2.96. The van der Waals surface area contributed by atoms with Gasteiger partial charge in [0.1, 0.15) is 5.75 Å². The summed E-state index contributed by atoms with van der Waals surface area (Å²) >= 11 is 0. The molecule has 1 saturated carbocycles. The van der Waals surface area contributed by atoms with Crippen molar-refractivity contribution in [2.45, 2.75) is 19.4 Å². The summed E-state index contributed by atoms with van der Waals surface area (Å²) in [6.07, 6.45) is 1.34. The van der Waals surface area contributed by atoms with Crippen LogP contribution in [-0.2, 0) is 0 Å². The zero-order valence-electron chi connectivity index (χ0n) is 9.66. The Morgan fingerprint density at radius 3 is 2.73 bits per heavy atom. The third-order valence-corrected chi connectivity index (χ3v) is 3.36. The van der Waals surface area contributed by atoms with Crippen LogP contribution in [0.3, 0.4) is 0 Å². The summed E-state index contributed by atoms with van der Waals surface area (Å²) in [6, 6.07) is 8.84. The van der Waals surface area contributed by atoms with Gasteiger partial charge in [0.05, 0.1) is 7.11 Å². The number of benzene rings is 1. The minimum absolute atomic E-state index is 0.482. The van der Waals surface area contributed by atoms with Crippen molar-refractivity contribution in [1.29, 1.82) is 0 Å². The average molecular weight is 205 g/mol. The Hall–Kier alpha value is -1.02. The van der Waals surface area contributed by atoms with E-state index in [0.717, 1.165) is 17.6 Å². The second kappa shape index (κ2) is 4.23. The SMILES string of the molecule is CNC(c1cccc(OC)c1)C1CC1C. The maximum atomic E-state index is 5.25. The van der Waals surface area contributed by atoms with Gasteiger partial charge in [-0.25, -0.2) is 0 Å². The molecule has 3 atom stereocenters. The Balaban J connectivity index is 2.18. The van der Waals surface area contributed by atoms with Gasteiger partial charge in [-0.3, -0.25) is 0 Å². The normalized spacial score (nSPS) is 26.1. The first kappa shape index (κ1) is 10.5. The van der Waals surface area contributed by atoms with Gasteiger partial charge in [-0.15, -0.1) is 0 Å². The van der Waals surface area contributed by atoms with Crippen molar-refractivity contribution in [2.75, 3.05) is 14.2 Å². The number of hydrogen-bond acceptors (Lipinski definition) is 2. The molecule has 0 heterocycles. The van der Waals surface area contributed by atoms with Crippen LogP contribution in [0.25, 0.3) is 0 Å². The molecule has 2 rings (SSSR count). The second-order valence-corrected chi connectivity index (χ2v) is 4.42. The summed E-state index contributed by atoms with van der Waals surface area (Å²) in [5.74, 6) is 2.59. The van der Waals surface area contributed by atoms with Crippen LogP contribution in [0.1, 0.15) is 24.9 Å². The molecule has 0 radical (unpaired) electrons. The van der Waals surface area contributed by atoms with Gasteiger partial charge in [0, 0.05) is 6.04 Å². The predicted octanol–water partition coefficient (Wildman–Crippen LogP) is 2.61. The molecule has 1 fully saturated rings. The highest BCUT2D eigenvalue weighted by atomic mass is 16.5. The fraction of sp³-hybridized carbons (Fsp3) is 0.538. The zero-order chi connectivity index (χ0) is 10.8. The highest BCUT2D eigenvalue weighted by molar-refractivity contribution is 5.31. The van der Waals surface area contributed by atoms with E-state index in [1.165, 1.54) is 12.0 Å². The first-order valence-corrected chi connectivity index (χ1v) is 5.57. The second-order valence-electron chi connectivity index (χ2n) is 4.42. The summed E-state index contributed by atoms with van der Waals surface area (Å²) in [7, 11) is 3.75. The summed E-state index contributed by atoms with van der Waals surface area (Å²) < 4.78 is 5.25. The van der Waals surface area contributed by atoms with Gasteiger partial charge in [0.25, 0.3) is 0 Å². The van der Waals surface area contributed by atoms with E-state index in [1.807, 2.05) is 13.1 Å². The molecule has 1 aromatic rings. The number of ether oxygens (including phenoxy) is 1. The molecule has 2 nitrogen and oxygen atoms in total. The van der Waals surface area contributed by atoms with Crippen LogP contribution in [0, 0.1) is 11.8 Å². The number of nitrogens with one attached hydrogen (secondary N) is 1. The first-order chi connectivity index (χ1) is 7.26. The smallest absolute Gasteiger partial charge is 0.119 e. The summed E-state index contributed by atoms with van der Waals surface area (Å²) in [4.78, 5) is 0. The minimum Gasteiger partial charge on any atom is -0.497 e. The highest BCUT2D eigenvalue weighted by Gasteiger charge is 2.39. The quantitative estimate of drug-likeness (QED) is 0.815. The molecule has 15 heavy (non-hydrogen) atoms. The molecule has 0 saturated heterocycles. The van der Waals surface area contributed by atoms with Gasteiger partial charge < -0.3 is 10.1 Å². The molecular formula is C13H19NO. The monoisotopic (exact) mass is 205 g/mol. The first-order valence-electron chi connectivity index (χ1n) is 5.57. The lowest BCUT2D eigenvalue weighted by Gasteiger charge is -2.17. The van der Waals surface area contributed by atoms with E-state index in [9.17, 15) is 0 Å². The summed E-state index contributed by atoms with van der Waals surface area (Å²) in [5, 5.41) is 3.41. The molecule has 3 unspecified atom stereocenters. The van der Waals surface area contributed by atoms with Crippen LogP contribution in [0.5, 0.6) is 5.75 Å². The van der Waals surface area contributed by atoms with Crippen molar-refractivity contribution < 1.29 is 4.74 Å². The topological polar surface area (TPSA) is 21.3 Å². The van der Waals surface area contributed by atoms with Gasteiger partial charge in [-0.05, 0) is 43.0 Å². The lowest BCUT2D eigenvalue weighted by atomic mass is 10.0. The molecule has 2 heteroatoms. The summed E-state index contributed by atoms with van der Waals surface area (Å²) in [6.45, 7) is 2.31. The molecule has 1 aromatic carbocycles. The Morgan fingerprint density at radius 2 is 2.20 bits per heavy atom. The van der Waals surface area contributed by atoms with Crippen molar-refractivity contribution in [3.63, 3.8) is 0 Å². The van der Waals surface area contributed by atoms with Gasteiger partial charge in [-0.2, -0.15) is 0 Å². The summed E-state index contributed by atoms with van der Waals surface area (Å²) in [5.41, 5.74) is 1.34. The van der Waals surface area contributed by atoms with E-state index in [0.29, 0.717) is 6.04 Å². The van der Waals surface area contributed by atoms with E-state index in [2.05, 4.69) is 30.4 Å². The van der Waals surface area contributed by atoms with Crippen LogP contribution in [-0.4, -0.2) is 14.2 Å². The number of rotatable bonds is 4. The molecule has 0 aromatic heterocycles. The highest BCUT2D eigenvalue weighted by Crippen LogP contribution is 2.47. The van der Waals surface area contributed by atoms with E-state index in [-0.39, 0.29) is 0 Å². The molecule has 82 valence electrons. The van der Waals surface area contributed by atoms with E-state index in [4.69, 9.17) is 4.74 Å². The zero-order valence-corrected chi connectivity index (χ0v) is 9.66. The van der Waals surface area contributed by atoms with Crippen LogP contribution in [0.2, 0.25) is 0 Å². The molecule has 0 bridgehead atoms. The maximum Gasteiger partial charge on any atom is 0.119 e. The van der Waals surface area contributed by atoms with Crippen LogP contribution >= 0.6 is 0 Å². The van der Waals surface area contributed by atoms with Crippen molar-refractivity contribution in [3.05, 3.63) is 29.8 Å². The van der Waals surface area contributed by atoms with E-state index < -0.39 is 0 Å². The van der Waals surface area contributed by atoms with Gasteiger partial charge in [-0.1, -0.05) is 19.1 Å². The van der Waals surface area contributed by atoms with E-state index >= 15 is 0 Å². The number of methoxy groups -OCH3 is 1. The fourth-order valence-corrected chi connectivity index (χ4v) is 2.28. The predicted molar refractivity (Wildman–Crippen MR) is 62.1 cm³/mol. The van der Waals surface area contributed by atoms with Crippen LogP contribution < -0.4 is 10.1 Å². The van der Waals surface area contributed by atoms with Gasteiger partial charge in [0.15, 0.2) is 0 Å². The van der Waals surface area contributed by atoms with Crippen molar-refractivity contribution >= 4 is 0 Å². The molecule has 0 spiro atoms. The third kappa shape index (κ3) is 2.15. The van der Waals surface area contributed by atoms with Crippen LogP contribution in [0.4, 0.5) is 0 Å². The Morgan fingerprint density at radius 1 is 1.47 bits per heavy atom. The van der Waals surface area contributed by atoms with Crippen LogP contribution in [0.15, 0.2) is 24.3 Å². The molecule has 1 N–H and O–H groups in total. The van der Waals surface area contributed by atoms with Gasteiger partial charge >= 0.3 is 0 Å². The molecule has 0 amide bonds. The van der Waals surface area contributed by atoms with Crippen molar-refractivity contribution in [3.8, 4) is 5.75 Å². The average Bonchev–Trinajstić information content (AvgIpc) is 2.97. The molecule has 1 aliphatic carbocycles. The minimum atomic E-state index is 0.482.